The van der Waals surface area contributed by atoms with Crippen LogP contribution in [0.1, 0.15) is 39.5 Å². The fraction of sp³-hybridized carbons (Fsp3) is 0.818. The van der Waals surface area contributed by atoms with Crippen LogP contribution in [-0.4, -0.2) is 41.6 Å². The van der Waals surface area contributed by atoms with Crippen molar-refractivity contribution >= 4 is 12.0 Å². The van der Waals surface area contributed by atoms with Crippen molar-refractivity contribution in [1.29, 1.82) is 0 Å². The van der Waals surface area contributed by atoms with Crippen molar-refractivity contribution in [2.75, 3.05) is 19.6 Å². The van der Waals surface area contributed by atoms with Gasteiger partial charge in [-0.15, -0.1) is 0 Å². The summed E-state index contributed by atoms with van der Waals surface area (Å²) in [6, 6.07) is -0.0559. The van der Waals surface area contributed by atoms with Crippen molar-refractivity contribution in [3.8, 4) is 0 Å². The molecule has 0 rings (SSSR count). The third kappa shape index (κ3) is 7.09. The molecule has 2 amide bonds. The monoisotopic (exact) mass is 230 g/mol. The summed E-state index contributed by atoms with van der Waals surface area (Å²) in [5, 5.41) is 11.2. The Morgan fingerprint density at radius 2 is 1.94 bits per heavy atom. The smallest absolute Gasteiger partial charge is 0.317 e. The number of amides is 2. The minimum atomic E-state index is -0.785. The average Bonchev–Trinajstić information content (AvgIpc) is 2.24. The Bertz CT molecular complexity index is 219. The Kier molecular flexibility index (Phi) is 8.29. The summed E-state index contributed by atoms with van der Waals surface area (Å²) in [4.78, 5) is 23.5. The van der Waals surface area contributed by atoms with Gasteiger partial charge in [0.1, 0.15) is 0 Å². The molecular weight excluding hydrogens is 208 g/mol. The molecule has 0 spiro atoms. The van der Waals surface area contributed by atoms with E-state index in [-0.39, 0.29) is 12.5 Å². The molecule has 0 atom stereocenters. The number of unbranched alkanes of at least 4 members (excludes halogenated alkanes) is 1. The van der Waals surface area contributed by atoms with Gasteiger partial charge in [0.15, 0.2) is 0 Å². The van der Waals surface area contributed by atoms with Gasteiger partial charge in [-0.3, -0.25) is 4.79 Å². The van der Waals surface area contributed by atoms with Gasteiger partial charge in [0, 0.05) is 26.1 Å². The van der Waals surface area contributed by atoms with Crippen LogP contribution in [-0.2, 0) is 4.79 Å². The van der Waals surface area contributed by atoms with Crippen LogP contribution < -0.4 is 5.32 Å². The number of carboxylic acid groups (broad SMARTS) is 1. The summed E-state index contributed by atoms with van der Waals surface area (Å²) < 4.78 is 0. The van der Waals surface area contributed by atoms with E-state index < -0.39 is 5.97 Å². The highest BCUT2D eigenvalue weighted by Gasteiger charge is 2.08. The normalized spacial score (nSPS) is 9.88. The summed E-state index contributed by atoms with van der Waals surface area (Å²) in [7, 11) is 0. The molecule has 0 aromatic heterocycles. The van der Waals surface area contributed by atoms with Gasteiger partial charge in [-0.25, -0.2) is 4.79 Å². The summed E-state index contributed by atoms with van der Waals surface area (Å²) in [5.74, 6) is -0.785. The zero-order valence-corrected chi connectivity index (χ0v) is 10.2. The van der Waals surface area contributed by atoms with Crippen LogP contribution in [0.2, 0.25) is 0 Å². The van der Waals surface area contributed by atoms with Gasteiger partial charge in [0.25, 0.3) is 0 Å². The Balaban J connectivity index is 3.59. The fourth-order valence-corrected chi connectivity index (χ4v) is 1.38. The largest absolute Gasteiger partial charge is 0.481 e. The highest BCUT2D eigenvalue weighted by atomic mass is 16.4. The van der Waals surface area contributed by atoms with Gasteiger partial charge in [0.05, 0.1) is 0 Å². The second-order valence-electron chi connectivity index (χ2n) is 3.66. The Hall–Kier alpha value is -1.26. The quantitative estimate of drug-likeness (QED) is 0.623. The minimum Gasteiger partial charge on any atom is -0.481 e. The van der Waals surface area contributed by atoms with E-state index in [2.05, 4.69) is 5.32 Å². The van der Waals surface area contributed by atoms with Gasteiger partial charge >= 0.3 is 12.0 Å². The van der Waals surface area contributed by atoms with Crippen LogP contribution in [0.15, 0.2) is 0 Å². The van der Waals surface area contributed by atoms with E-state index in [1.807, 2.05) is 13.8 Å². The van der Waals surface area contributed by atoms with Crippen molar-refractivity contribution in [3.63, 3.8) is 0 Å². The van der Waals surface area contributed by atoms with E-state index in [1.54, 1.807) is 4.90 Å². The zero-order chi connectivity index (χ0) is 12.4. The summed E-state index contributed by atoms with van der Waals surface area (Å²) >= 11 is 0. The van der Waals surface area contributed by atoms with Gasteiger partial charge in [-0.05, 0) is 26.2 Å². The van der Waals surface area contributed by atoms with E-state index in [1.165, 1.54) is 0 Å². The Morgan fingerprint density at radius 1 is 1.25 bits per heavy atom. The van der Waals surface area contributed by atoms with Gasteiger partial charge < -0.3 is 15.3 Å². The molecule has 2 N–H and O–H groups in total. The molecule has 16 heavy (non-hydrogen) atoms. The summed E-state index contributed by atoms with van der Waals surface area (Å²) in [5.41, 5.74) is 0. The lowest BCUT2D eigenvalue weighted by atomic mass is 10.2. The lowest BCUT2D eigenvalue weighted by molar-refractivity contribution is -0.137. The highest BCUT2D eigenvalue weighted by Crippen LogP contribution is 1.95. The molecule has 0 bridgehead atoms. The molecular formula is C11H22N2O3. The number of hydrogen-bond acceptors (Lipinski definition) is 2. The molecule has 0 saturated heterocycles. The predicted molar refractivity (Wildman–Crippen MR) is 62.4 cm³/mol. The van der Waals surface area contributed by atoms with Gasteiger partial charge in [-0.2, -0.15) is 0 Å². The van der Waals surface area contributed by atoms with Crippen LogP contribution in [0.3, 0.4) is 0 Å². The van der Waals surface area contributed by atoms with E-state index in [0.29, 0.717) is 25.9 Å². The first-order chi connectivity index (χ1) is 7.61. The molecule has 0 aliphatic rings. The van der Waals surface area contributed by atoms with Crippen LogP contribution in [0.25, 0.3) is 0 Å². The first kappa shape index (κ1) is 14.7. The fourth-order valence-electron chi connectivity index (χ4n) is 1.38. The van der Waals surface area contributed by atoms with Crippen molar-refractivity contribution in [2.24, 2.45) is 0 Å². The summed E-state index contributed by atoms with van der Waals surface area (Å²) in [6.07, 6.45) is 2.43. The molecule has 0 aliphatic heterocycles. The Morgan fingerprint density at radius 3 is 2.44 bits per heavy atom. The number of urea groups is 1. The van der Waals surface area contributed by atoms with Crippen molar-refractivity contribution in [1.82, 2.24) is 10.2 Å². The van der Waals surface area contributed by atoms with Crippen LogP contribution >= 0.6 is 0 Å². The topological polar surface area (TPSA) is 69.6 Å². The van der Waals surface area contributed by atoms with Crippen molar-refractivity contribution in [3.05, 3.63) is 0 Å². The van der Waals surface area contributed by atoms with Crippen LogP contribution in [0.4, 0.5) is 4.79 Å². The number of carbonyl (C=O) groups is 2. The maximum Gasteiger partial charge on any atom is 0.317 e. The number of aliphatic carboxylic acids is 1. The molecule has 0 heterocycles. The molecule has 0 unspecified atom stereocenters. The lowest BCUT2D eigenvalue weighted by Gasteiger charge is -2.20. The Labute approximate surface area is 96.8 Å². The second-order valence-corrected chi connectivity index (χ2v) is 3.66. The van der Waals surface area contributed by atoms with Gasteiger partial charge in [0.2, 0.25) is 0 Å². The first-order valence-corrected chi connectivity index (χ1v) is 5.86. The predicted octanol–water partition coefficient (Wildman–Crippen LogP) is 1.68. The maximum absolute atomic E-state index is 11.6. The molecule has 94 valence electrons. The van der Waals surface area contributed by atoms with Crippen LogP contribution in [0.5, 0.6) is 0 Å². The molecule has 5 nitrogen and oxygen atoms in total. The number of carbonyl (C=O) groups excluding carboxylic acids is 1. The average molecular weight is 230 g/mol. The van der Waals surface area contributed by atoms with Crippen molar-refractivity contribution in [2.45, 2.75) is 39.5 Å². The first-order valence-electron chi connectivity index (χ1n) is 5.86. The van der Waals surface area contributed by atoms with E-state index in [9.17, 15) is 9.59 Å². The second kappa shape index (κ2) is 9.00. The number of rotatable bonds is 8. The molecule has 0 saturated carbocycles. The van der Waals surface area contributed by atoms with Crippen molar-refractivity contribution < 1.29 is 14.7 Å². The molecule has 0 aromatic rings. The van der Waals surface area contributed by atoms with E-state index in [0.717, 1.165) is 13.0 Å². The molecule has 0 fully saturated rings. The number of nitrogens with one attached hydrogen (secondary N) is 1. The molecule has 0 aromatic carbocycles. The lowest BCUT2D eigenvalue weighted by Crippen LogP contribution is -2.40. The van der Waals surface area contributed by atoms with Gasteiger partial charge in [-0.1, -0.05) is 6.92 Å². The van der Waals surface area contributed by atoms with E-state index >= 15 is 0 Å². The summed E-state index contributed by atoms with van der Waals surface area (Å²) in [6.45, 7) is 5.99. The van der Waals surface area contributed by atoms with E-state index in [4.69, 9.17) is 5.11 Å². The number of nitrogens with zero attached hydrogens (tertiary/aromatic N) is 1. The highest BCUT2D eigenvalue weighted by molar-refractivity contribution is 5.74. The van der Waals surface area contributed by atoms with Crippen LogP contribution in [0, 0.1) is 0 Å². The zero-order valence-electron chi connectivity index (χ0n) is 10.2. The molecule has 5 heteroatoms. The number of carboxylic acids is 1. The third-order valence-corrected chi connectivity index (χ3v) is 2.26. The SMILES string of the molecule is CCCN(CC)C(=O)NCCCCC(=O)O. The number of hydrogen-bond donors (Lipinski definition) is 2. The minimum absolute atomic E-state index is 0.0559. The maximum atomic E-state index is 11.6. The third-order valence-electron chi connectivity index (χ3n) is 2.26. The molecule has 0 radical (unpaired) electrons. The molecule has 0 aliphatic carbocycles. The standard InChI is InChI=1S/C11H22N2O3/c1-3-9-13(4-2)11(16)12-8-6-5-7-10(14)15/h3-9H2,1-2H3,(H,12,16)(H,14,15).